The summed E-state index contributed by atoms with van der Waals surface area (Å²) in [4.78, 5) is 22.6. The van der Waals surface area contributed by atoms with Gasteiger partial charge in [-0.1, -0.05) is 0 Å². The number of carbonyl (C=O) groups is 1. The lowest BCUT2D eigenvalue weighted by molar-refractivity contribution is 0.0705. The first-order chi connectivity index (χ1) is 10.3. The molecule has 1 aliphatic rings. The summed E-state index contributed by atoms with van der Waals surface area (Å²) in [7, 11) is 1.75. The number of carbonyl (C=O) groups excluding carboxylic acids is 1. The van der Waals surface area contributed by atoms with Crippen LogP contribution < -0.4 is 5.32 Å². The van der Waals surface area contributed by atoms with E-state index in [1.54, 1.807) is 25.6 Å². The van der Waals surface area contributed by atoms with Gasteiger partial charge in [-0.15, -0.1) is 0 Å². The van der Waals surface area contributed by atoms with Gasteiger partial charge in [0.25, 0.3) is 5.91 Å². The Labute approximate surface area is 122 Å². The second kappa shape index (κ2) is 5.90. The second-order valence-electron chi connectivity index (χ2n) is 5.15. The van der Waals surface area contributed by atoms with Gasteiger partial charge in [-0.2, -0.15) is 5.10 Å². The van der Waals surface area contributed by atoms with Crippen molar-refractivity contribution >= 4 is 11.9 Å². The molecule has 7 heteroatoms. The number of nitrogens with zero attached hydrogens (tertiary/aromatic N) is 4. The molecule has 1 saturated heterocycles. The zero-order chi connectivity index (χ0) is 14.7. The zero-order valence-electron chi connectivity index (χ0n) is 11.9. The monoisotopic (exact) mass is 286 g/mol. The maximum absolute atomic E-state index is 12.5. The summed E-state index contributed by atoms with van der Waals surface area (Å²) >= 11 is 0. The molecule has 0 aliphatic carbocycles. The molecule has 0 radical (unpaired) electrons. The lowest BCUT2D eigenvalue weighted by Gasteiger charge is -2.32. The summed E-state index contributed by atoms with van der Waals surface area (Å²) in [5.41, 5.74) is 1.62. The predicted molar refractivity (Wildman–Crippen MR) is 78.0 cm³/mol. The Morgan fingerprint density at radius 2 is 2.24 bits per heavy atom. The van der Waals surface area contributed by atoms with E-state index in [0.717, 1.165) is 25.1 Å². The molecule has 1 atom stereocenters. The minimum atomic E-state index is -0.0122. The van der Waals surface area contributed by atoms with Gasteiger partial charge >= 0.3 is 0 Å². The van der Waals surface area contributed by atoms with Crippen LogP contribution in [0, 0.1) is 0 Å². The molecule has 3 heterocycles. The van der Waals surface area contributed by atoms with Gasteiger partial charge < -0.3 is 10.2 Å². The van der Waals surface area contributed by atoms with Crippen LogP contribution in [0.1, 0.15) is 34.8 Å². The molecular formula is C14H18N6O. The third-order valence-electron chi connectivity index (χ3n) is 3.79. The van der Waals surface area contributed by atoms with Crippen LogP contribution in [0.4, 0.5) is 5.95 Å². The molecule has 2 N–H and O–H groups in total. The second-order valence-corrected chi connectivity index (χ2v) is 5.15. The van der Waals surface area contributed by atoms with Crippen LogP contribution in [0.5, 0.6) is 0 Å². The summed E-state index contributed by atoms with van der Waals surface area (Å²) in [6, 6.07) is 1.98. The minimum Gasteiger partial charge on any atom is -0.357 e. The SMILES string of the molecule is CNc1ncc(C(=O)N2CCCC(c3ccn[nH]3)C2)cn1. The summed E-state index contributed by atoms with van der Waals surface area (Å²) in [5, 5.41) is 9.83. The Morgan fingerprint density at radius 1 is 1.43 bits per heavy atom. The maximum Gasteiger partial charge on any atom is 0.257 e. The smallest absolute Gasteiger partial charge is 0.257 e. The molecule has 2 aromatic rings. The molecule has 1 fully saturated rings. The van der Waals surface area contributed by atoms with Crippen LogP contribution in [-0.2, 0) is 0 Å². The highest BCUT2D eigenvalue weighted by Gasteiger charge is 2.26. The Balaban J connectivity index is 1.71. The number of aromatic nitrogens is 4. The third kappa shape index (κ3) is 2.86. The van der Waals surface area contributed by atoms with Crippen molar-refractivity contribution in [3.8, 4) is 0 Å². The van der Waals surface area contributed by atoms with E-state index in [1.165, 1.54) is 0 Å². The van der Waals surface area contributed by atoms with E-state index in [-0.39, 0.29) is 5.91 Å². The number of piperidine rings is 1. The fraction of sp³-hybridized carbons (Fsp3) is 0.429. The number of rotatable bonds is 3. The lowest BCUT2D eigenvalue weighted by Crippen LogP contribution is -2.39. The van der Waals surface area contributed by atoms with Gasteiger partial charge in [0, 0.05) is 50.3 Å². The van der Waals surface area contributed by atoms with Crippen LogP contribution in [0.25, 0.3) is 0 Å². The molecule has 2 aromatic heterocycles. The van der Waals surface area contributed by atoms with E-state index in [9.17, 15) is 4.79 Å². The van der Waals surface area contributed by atoms with Gasteiger partial charge in [-0.05, 0) is 18.9 Å². The topological polar surface area (TPSA) is 86.8 Å². The average molecular weight is 286 g/mol. The number of nitrogens with one attached hydrogen (secondary N) is 2. The summed E-state index contributed by atoms with van der Waals surface area (Å²) in [6.07, 6.45) is 6.95. The first kappa shape index (κ1) is 13.5. The van der Waals surface area contributed by atoms with Crippen LogP contribution in [0.3, 0.4) is 0 Å². The number of aromatic amines is 1. The quantitative estimate of drug-likeness (QED) is 0.887. The number of amides is 1. The summed E-state index contributed by atoms with van der Waals surface area (Å²) < 4.78 is 0. The normalized spacial score (nSPS) is 18.5. The van der Waals surface area contributed by atoms with Crippen molar-refractivity contribution in [2.75, 3.05) is 25.5 Å². The number of hydrogen-bond acceptors (Lipinski definition) is 5. The van der Waals surface area contributed by atoms with Gasteiger partial charge in [0.15, 0.2) is 0 Å². The Kier molecular flexibility index (Phi) is 3.81. The summed E-state index contributed by atoms with van der Waals surface area (Å²) in [6.45, 7) is 1.48. The van der Waals surface area contributed by atoms with Gasteiger partial charge in [-0.25, -0.2) is 9.97 Å². The van der Waals surface area contributed by atoms with Crippen molar-refractivity contribution in [3.63, 3.8) is 0 Å². The third-order valence-corrected chi connectivity index (χ3v) is 3.79. The molecule has 1 unspecified atom stereocenters. The van der Waals surface area contributed by atoms with E-state index < -0.39 is 0 Å². The Bertz CT molecular complexity index is 594. The molecule has 7 nitrogen and oxygen atoms in total. The van der Waals surface area contributed by atoms with Gasteiger partial charge in [0.05, 0.1) is 5.56 Å². The van der Waals surface area contributed by atoms with Crippen molar-refractivity contribution in [3.05, 3.63) is 35.9 Å². The molecule has 21 heavy (non-hydrogen) atoms. The maximum atomic E-state index is 12.5. The van der Waals surface area contributed by atoms with E-state index in [0.29, 0.717) is 24.0 Å². The van der Waals surface area contributed by atoms with E-state index in [4.69, 9.17) is 0 Å². The van der Waals surface area contributed by atoms with Gasteiger partial charge in [-0.3, -0.25) is 9.89 Å². The van der Waals surface area contributed by atoms with Crippen LogP contribution in [-0.4, -0.2) is 51.1 Å². The van der Waals surface area contributed by atoms with Crippen LogP contribution >= 0.6 is 0 Å². The zero-order valence-corrected chi connectivity index (χ0v) is 11.9. The van der Waals surface area contributed by atoms with Crippen LogP contribution in [0.2, 0.25) is 0 Å². The molecule has 1 amide bonds. The predicted octanol–water partition coefficient (Wildman–Crippen LogP) is 1.26. The van der Waals surface area contributed by atoms with Crippen molar-refractivity contribution in [2.24, 2.45) is 0 Å². The lowest BCUT2D eigenvalue weighted by atomic mass is 9.94. The minimum absolute atomic E-state index is 0.0122. The van der Waals surface area contributed by atoms with E-state index in [2.05, 4.69) is 25.5 Å². The number of likely N-dealkylation sites (tertiary alicyclic amines) is 1. The van der Waals surface area contributed by atoms with Crippen molar-refractivity contribution in [1.29, 1.82) is 0 Å². The molecule has 1 aliphatic heterocycles. The molecule has 0 aromatic carbocycles. The summed E-state index contributed by atoms with van der Waals surface area (Å²) in [5.74, 6) is 0.824. The van der Waals surface area contributed by atoms with Gasteiger partial charge in [0.2, 0.25) is 5.95 Å². The molecule has 3 rings (SSSR count). The largest absolute Gasteiger partial charge is 0.357 e. The van der Waals surface area contributed by atoms with Crippen LogP contribution in [0.15, 0.2) is 24.7 Å². The highest BCUT2D eigenvalue weighted by Crippen LogP contribution is 2.26. The van der Waals surface area contributed by atoms with E-state index >= 15 is 0 Å². The highest BCUT2D eigenvalue weighted by atomic mass is 16.2. The number of anilines is 1. The van der Waals surface area contributed by atoms with E-state index in [1.807, 2.05) is 11.0 Å². The highest BCUT2D eigenvalue weighted by molar-refractivity contribution is 5.93. The molecular weight excluding hydrogens is 268 g/mol. The molecule has 0 saturated carbocycles. The molecule has 110 valence electrons. The standard InChI is InChI=1S/C14H18N6O/c1-15-14-16-7-11(8-17-14)13(21)20-6-2-3-10(9-20)12-4-5-18-19-12/h4-5,7-8,10H,2-3,6,9H2,1H3,(H,18,19)(H,15,16,17). The Hall–Kier alpha value is -2.44. The van der Waals surface area contributed by atoms with Crippen molar-refractivity contribution in [1.82, 2.24) is 25.1 Å². The molecule has 0 spiro atoms. The number of hydrogen-bond donors (Lipinski definition) is 2. The first-order valence-electron chi connectivity index (χ1n) is 7.06. The fourth-order valence-electron chi connectivity index (χ4n) is 2.66. The molecule has 0 bridgehead atoms. The Morgan fingerprint density at radius 3 is 2.90 bits per heavy atom. The fourth-order valence-corrected chi connectivity index (χ4v) is 2.66. The van der Waals surface area contributed by atoms with Gasteiger partial charge in [0.1, 0.15) is 0 Å². The first-order valence-corrected chi connectivity index (χ1v) is 7.06. The van der Waals surface area contributed by atoms with Crippen molar-refractivity contribution in [2.45, 2.75) is 18.8 Å². The average Bonchev–Trinajstić information content (AvgIpc) is 3.09. The number of H-pyrrole nitrogens is 1. The van der Waals surface area contributed by atoms with Crippen molar-refractivity contribution < 1.29 is 4.79 Å².